The molecule has 148 heavy (non-hydrogen) atoms. The number of ether oxygens (including phenoxy) is 5. The van der Waals surface area contributed by atoms with E-state index in [1.54, 1.807) is 55.4 Å². The van der Waals surface area contributed by atoms with E-state index in [0.29, 0.717) is 0 Å². The summed E-state index contributed by atoms with van der Waals surface area (Å²) in [4.78, 5) is 194. The van der Waals surface area contributed by atoms with E-state index in [2.05, 4.69) is 0 Å². The zero-order valence-corrected chi connectivity index (χ0v) is 81.4. The smallest absolute Gasteiger partial charge is 0.316 e. The molecule has 10 aromatic carbocycles. The summed E-state index contributed by atoms with van der Waals surface area (Å²) in [5.74, 6) is -21.4. The summed E-state index contributed by atoms with van der Waals surface area (Å²) in [6.07, 6.45) is -6.36. The van der Waals surface area contributed by atoms with E-state index >= 15 is 0 Å². The van der Waals surface area contributed by atoms with Crippen LogP contribution in [0.2, 0.25) is 0 Å². The van der Waals surface area contributed by atoms with Crippen molar-refractivity contribution in [2.45, 2.75) is 172 Å². The number of aromatic hydroxyl groups is 11. The number of carbonyl (C=O) groups is 15. The van der Waals surface area contributed by atoms with Gasteiger partial charge in [-0.2, -0.15) is 0 Å². The van der Waals surface area contributed by atoms with Gasteiger partial charge < -0.3 is 116 Å². The molecule has 0 spiro atoms. The summed E-state index contributed by atoms with van der Waals surface area (Å²) < 4.78 is 24.4. The molecule has 10 aromatic rings. The van der Waals surface area contributed by atoms with E-state index < -0.39 is 238 Å². The largest absolute Gasteiger partial charge is 0.507 e. The number of phenols is 11. The fourth-order valence-corrected chi connectivity index (χ4v) is 23.2. The van der Waals surface area contributed by atoms with Gasteiger partial charge in [-0.05, 0) is 125 Å². The number of phenolic OH excluding ortho intramolecular Hbond substituents is 11. The number of hydrogen-bond donors (Lipinski definition) is 18. The van der Waals surface area contributed by atoms with Crippen LogP contribution in [0.25, 0.3) is 0 Å². The monoisotopic (exact) mass is 2030 g/mol. The molecular weight excluding hydrogens is 1930 g/mol. The van der Waals surface area contributed by atoms with Gasteiger partial charge in [0.05, 0.1) is 156 Å². The Labute approximate surface area is 839 Å². The molecule has 12 atom stereocenters. The molecule has 0 amide bonds. The highest BCUT2D eigenvalue weighted by molar-refractivity contribution is 6.35. The van der Waals surface area contributed by atoms with Crippen LogP contribution in [-0.2, 0) is 47.7 Å². The topological polar surface area (TPSA) is 666 Å². The van der Waals surface area contributed by atoms with E-state index in [4.69, 9.17) is 23.7 Å². The zero-order chi connectivity index (χ0) is 109. The molecule has 38 nitrogen and oxygen atoms in total. The lowest BCUT2D eigenvalue weighted by Gasteiger charge is -2.42. The Morgan fingerprint density at radius 2 is 0.446 bits per heavy atom. The molecule has 10 aliphatic carbocycles. The maximum absolute atomic E-state index is 13.1. The van der Waals surface area contributed by atoms with Crippen LogP contribution in [0.1, 0.15) is 375 Å². The van der Waals surface area contributed by atoms with Gasteiger partial charge in [0.15, 0.2) is 28.9 Å². The van der Waals surface area contributed by atoms with E-state index in [9.17, 15) is 164 Å². The second kappa shape index (κ2) is 37.4. The molecule has 0 saturated carbocycles. The molecule has 10 aliphatic rings. The third-order valence-corrected chi connectivity index (χ3v) is 30.2. The number of hydrogen-bond acceptors (Lipinski definition) is 38. The van der Waals surface area contributed by atoms with Crippen molar-refractivity contribution in [1.82, 2.24) is 0 Å². The van der Waals surface area contributed by atoms with Gasteiger partial charge in [0.2, 0.25) is 28.9 Å². The summed E-state index contributed by atoms with van der Waals surface area (Å²) >= 11 is 0. The van der Waals surface area contributed by atoms with Crippen molar-refractivity contribution < 1.29 is 188 Å². The molecule has 0 aliphatic heterocycles. The zero-order valence-electron chi connectivity index (χ0n) is 81.4. The molecule has 38 heteroatoms. The van der Waals surface area contributed by atoms with Crippen molar-refractivity contribution >= 4 is 87.7 Å². The van der Waals surface area contributed by atoms with Gasteiger partial charge in [0, 0.05) is 96.3 Å². The third kappa shape index (κ3) is 15.8. The average molecular weight is 2030 g/mol. The Balaban J connectivity index is 0.000000132. The molecule has 0 fully saturated rings. The molecule has 0 aromatic heterocycles. The molecule has 0 bridgehead atoms. The van der Waals surface area contributed by atoms with Crippen LogP contribution in [-0.4, -0.2) is 226 Å². The minimum Gasteiger partial charge on any atom is -0.507 e. The SMILES string of the molecule is CC[C@@]1(O)C[C@H](O)c2c(cc3c(c2O)C(=O)c2c(O)cccc2C3=O)[C@H]1C(=O)OC.CC[C@]1(O)C[C@H](O)c2c(cc3c(c2O)C(=O)c2c(O)cccc2C3=O)[C@H]1C(=O)OC.COC(=O)[C@@H]1c2c(O)c3c(c(O)c2[C@@H](O)CC1(C)C)C(=O)c1c(O)cccc1C3=O.COC(=O)[C@@H]1c2cc3c(c(O)c2[C@@H](O)CC1(C)C)C(=O)c1c(O)cccc1C3=O.COC(=O)[C@@H]1c2cc3c(c(O)c2[C@@H](O)CC1(C)C)C(=O)c1c(O)cccc1C3=O. The second-order valence-electron chi connectivity index (χ2n) is 39.9. The van der Waals surface area contributed by atoms with E-state index in [0.717, 1.165) is 14.2 Å². The van der Waals surface area contributed by atoms with Crippen LogP contribution in [0.3, 0.4) is 0 Å². The van der Waals surface area contributed by atoms with Crippen LogP contribution in [0.4, 0.5) is 0 Å². The van der Waals surface area contributed by atoms with Crippen molar-refractivity contribution in [1.29, 1.82) is 0 Å². The number of esters is 5. The number of benzene rings is 10. The predicted octanol–water partition coefficient (Wildman–Crippen LogP) is 10.9. The summed E-state index contributed by atoms with van der Waals surface area (Å²) in [5, 5.41) is 192. The Kier molecular flexibility index (Phi) is 26.4. The van der Waals surface area contributed by atoms with Crippen molar-refractivity contribution in [3.63, 3.8) is 0 Å². The van der Waals surface area contributed by atoms with Gasteiger partial charge in [0.25, 0.3) is 0 Å². The van der Waals surface area contributed by atoms with E-state index in [-0.39, 0.29) is 212 Å². The molecule has 0 radical (unpaired) electrons. The number of fused-ring (bicyclic) bond motifs is 15. The minimum absolute atomic E-state index is 0.0205. The number of carbonyl (C=O) groups excluding carboxylic acids is 15. The first-order valence-electron chi connectivity index (χ1n) is 46.6. The van der Waals surface area contributed by atoms with Crippen molar-refractivity contribution in [2.24, 2.45) is 16.2 Å². The first kappa shape index (κ1) is 105. The van der Waals surface area contributed by atoms with Crippen LogP contribution >= 0.6 is 0 Å². The highest BCUT2D eigenvalue weighted by Crippen LogP contribution is 2.63. The Hall–Kier alpha value is -16.2. The van der Waals surface area contributed by atoms with E-state index in [1.807, 2.05) is 0 Å². The molecule has 0 heterocycles. The van der Waals surface area contributed by atoms with Crippen molar-refractivity contribution in [3.8, 4) is 63.2 Å². The number of methoxy groups -OCH3 is 5. The lowest BCUT2D eigenvalue weighted by Crippen LogP contribution is -2.46. The van der Waals surface area contributed by atoms with Gasteiger partial charge in [0.1, 0.15) is 75.1 Å². The average Bonchev–Trinajstić information content (AvgIpc) is 0.716. The first-order chi connectivity index (χ1) is 69.5. The quantitative estimate of drug-likeness (QED) is 0.0400. The summed E-state index contributed by atoms with van der Waals surface area (Å²) in [7, 11) is 5.96. The number of ketones is 10. The van der Waals surface area contributed by atoms with Crippen LogP contribution < -0.4 is 0 Å². The molecule has 0 unspecified atom stereocenters. The fourth-order valence-electron chi connectivity index (χ4n) is 23.2. The highest BCUT2D eigenvalue weighted by atomic mass is 16.5. The molecule has 20 rings (SSSR count). The number of aliphatic hydroxyl groups is 7. The summed E-state index contributed by atoms with van der Waals surface area (Å²) in [6, 6.07) is 25.6. The van der Waals surface area contributed by atoms with Crippen LogP contribution in [0, 0.1) is 16.2 Å². The van der Waals surface area contributed by atoms with Crippen LogP contribution in [0.5, 0.6) is 63.2 Å². The Morgan fingerprint density at radius 1 is 0.250 bits per heavy atom. The first-order valence-corrected chi connectivity index (χ1v) is 46.6. The van der Waals surface area contributed by atoms with Gasteiger partial charge in [-0.25, -0.2) is 0 Å². The third-order valence-electron chi connectivity index (χ3n) is 30.2. The Morgan fingerprint density at radius 3 is 0.703 bits per heavy atom. The van der Waals surface area contributed by atoms with Gasteiger partial charge in [-0.15, -0.1) is 0 Å². The molecular formula is C110H100O38. The number of rotatable bonds is 7. The van der Waals surface area contributed by atoms with Crippen molar-refractivity contribution in [2.75, 3.05) is 35.5 Å². The molecule has 18 N–H and O–H groups in total. The standard InChI is InChI=1S/3C22H20O8.2C22H20O7/c1-22(2)7-10(24)12-13(16(22)21(29)30-3)20(28)14-15(19(12)27)18(26)11-8(17(14)25)5-4-6-9(11)23;2*1-3-22(29)8-13(24)15-10(17(22)21(28)30-2)7-11-16(20(15)27)19(26)14-9(18(11)25)5-4-6-12(14)23;2*1-22(2)8-13(24)15-10(17(22)21(28)29-3)7-11-16(20(15)27)19(26)14-9(18(11)25)5-4-6-12(14)23/h4-6,10,16,23-24,27-28H,7H2,1-3H3;2*4-7,13,17,23-24,27,29H,3,8H2,1-2H3;2*4-7,13,17,23-24,27H,8H2,1-3H3/t10-,16-;13-,17-,22+;13-,17-,22-;2*13-,17-/m00000/s1. The minimum atomic E-state index is -1.67. The van der Waals surface area contributed by atoms with Gasteiger partial charge >= 0.3 is 29.8 Å². The van der Waals surface area contributed by atoms with Crippen molar-refractivity contribution in [3.05, 3.63) is 282 Å². The summed E-state index contributed by atoms with van der Waals surface area (Å²) in [6.45, 7) is 13.8. The summed E-state index contributed by atoms with van der Waals surface area (Å²) in [5.41, 5.74) is -9.49. The number of aliphatic hydroxyl groups excluding tert-OH is 5. The predicted molar refractivity (Wildman–Crippen MR) is 511 cm³/mol. The van der Waals surface area contributed by atoms with Gasteiger partial charge in [-0.1, -0.05) is 116 Å². The molecule has 0 saturated heterocycles. The maximum Gasteiger partial charge on any atom is 0.316 e. The lowest BCUT2D eigenvalue weighted by atomic mass is 9.63. The van der Waals surface area contributed by atoms with E-state index in [1.165, 1.54) is 137 Å². The fraction of sp³-hybridized carbons (Fsp3) is 0.318. The molecule has 768 valence electrons. The Bertz CT molecular complexity index is 7280. The highest BCUT2D eigenvalue weighted by Gasteiger charge is 2.58. The van der Waals surface area contributed by atoms with Gasteiger partial charge in [-0.3, -0.25) is 71.9 Å². The lowest BCUT2D eigenvalue weighted by molar-refractivity contribution is -0.154. The van der Waals surface area contributed by atoms with Crippen LogP contribution in [0.15, 0.2) is 115 Å². The second-order valence-corrected chi connectivity index (χ2v) is 39.9. The maximum atomic E-state index is 13.1. The normalized spacial score (nSPS) is 22.9.